The molecule has 0 aliphatic carbocycles. The zero-order valence-corrected chi connectivity index (χ0v) is 15.4. The predicted molar refractivity (Wildman–Crippen MR) is 103 cm³/mol. The van der Waals surface area contributed by atoms with Crippen LogP contribution in [0.5, 0.6) is 0 Å². The van der Waals surface area contributed by atoms with Crippen molar-refractivity contribution >= 4 is 28.7 Å². The molecule has 4 aromatic rings. The summed E-state index contributed by atoms with van der Waals surface area (Å²) >= 11 is 0. The molecular weight excluding hydrogens is 376 g/mol. The summed E-state index contributed by atoms with van der Waals surface area (Å²) in [5, 5.41) is 7.61. The van der Waals surface area contributed by atoms with E-state index in [1.165, 1.54) is 0 Å². The predicted octanol–water partition coefficient (Wildman–Crippen LogP) is -0.260. The van der Waals surface area contributed by atoms with E-state index in [0.29, 0.717) is 56.1 Å². The van der Waals surface area contributed by atoms with E-state index in [-0.39, 0.29) is 11.8 Å². The minimum atomic E-state index is 0.168. The number of H-pyrrole nitrogens is 1. The number of nitrogens with one attached hydrogen (secondary N) is 1. The van der Waals surface area contributed by atoms with E-state index < -0.39 is 0 Å². The third-order valence-corrected chi connectivity index (χ3v) is 4.74. The van der Waals surface area contributed by atoms with Gasteiger partial charge >= 0.3 is 5.82 Å². The number of morpholine rings is 1. The zero-order valence-electron chi connectivity index (χ0n) is 15.4. The smallest absolute Gasteiger partial charge is 0.314 e. The summed E-state index contributed by atoms with van der Waals surface area (Å²) in [5.74, 6) is 2.05. The van der Waals surface area contributed by atoms with Crippen molar-refractivity contribution in [2.24, 2.45) is 0 Å². The van der Waals surface area contributed by atoms with Gasteiger partial charge in [0.1, 0.15) is 0 Å². The highest BCUT2D eigenvalue weighted by atomic mass is 16.6. The van der Waals surface area contributed by atoms with Crippen molar-refractivity contribution < 1.29 is 13.9 Å². The van der Waals surface area contributed by atoms with Crippen molar-refractivity contribution in [3.05, 3.63) is 30.1 Å². The zero-order chi connectivity index (χ0) is 19.8. The van der Waals surface area contributed by atoms with Crippen molar-refractivity contribution in [3.63, 3.8) is 0 Å². The molecule has 0 saturated carbocycles. The molecule has 1 aliphatic rings. The molecule has 12 nitrogen and oxygen atoms in total. The highest BCUT2D eigenvalue weighted by Crippen LogP contribution is 2.21. The van der Waals surface area contributed by atoms with Crippen LogP contribution in [0.15, 0.2) is 28.9 Å². The molecule has 5 rings (SSSR count). The van der Waals surface area contributed by atoms with E-state index >= 15 is 0 Å². The Hall–Kier alpha value is -3.80. The van der Waals surface area contributed by atoms with E-state index in [2.05, 4.69) is 30.2 Å². The summed E-state index contributed by atoms with van der Waals surface area (Å²) < 4.78 is 12.1. The number of aromatic nitrogens is 7. The van der Waals surface area contributed by atoms with Gasteiger partial charge in [-0.25, -0.2) is 14.2 Å². The Labute approximate surface area is 164 Å². The number of ether oxygens (including phenoxy) is 1. The number of aromatic amines is 1. The van der Waals surface area contributed by atoms with Crippen LogP contribution in [-0.4, -0.2) is 56.6 Å². The van der Waals surface area contributed by atoms with E-state index in [1.807, 2.05) is 33.7 Å². The quantitative estimate of drug-likeness (QED) is 0.392. The number of hydrogen-bond donors (Lipinski definition) is 3. The van der Waals surface area contributed by atoms with Gasteiger partial charge in [0, 0.05) is 13.1 Å². The average molecular weight is 395 g/mol. The molecule has 5 N–H and O–H groups in total. The normalized spacial score (nSPS) is 14.6. The fraction of sp³-hybridized carbons (Fsp3) is 0.294. The number of nitrogens with zero attached hydrogens (tertiary/aromatic N) is 7. The fourth-order valence-corrected chi connectivity index (χ4v) is 3.38. The summed E-state index contributed by atoms with van der Waals surface area (Å²) in [6.07, 6.45) is 0. The maximum Gasteiger partial charge on any atom is 0.314 e. The van der Waals surface area contributed by atoms with Gasteiger partial charge in [-0.2, -0.15) is 15.0 Å². The number of benzene rings is 1. The van der Waals surface area contributed by atoms with Gasteiger partial charge in [0.15, 0.2) is 23.4 Å². The van der Waals surface area contributed by atoms with Crippen LogP contribution in [0.25, 0.3) is 22.6 Å². The maximum atomic E-state index is 5.97. The first kappa shape index (κ1) is 17.3. The van der Waals surface area contributed by atoms with Gasteiger partial charge in [0.25, 0.3) is 0 Å². The lowest BCUT2D eigenvalue weighted by atomic mass is 10.3. The number of rotatable bonds is 4. The number of hydrogen-bond acceptors (Lipinski definition) is 10. The number of fused-ring (bicyclic) bond motifs is 1. The Morgan fingerprint density at radius 2 is 1.90 bits per heavy atom. The summed E-state index contributed by atoms with van der Waals surface area (Å²) in [5.41, 5.74) is 14.1. The lowest BCUT2D eigenvalue weighted by Crippen LogP contribution is -2.39. The largest absolute Gasteiger partial charge is 0.379 e. The Balaban J connectivity index is 1.58. The number of nitrogens with two attached hydrogens (primary N) is 2. The second kappa shape index (κ2) is 6.98. The van der Waals surface area contributed by atoms with Crippen molar-refractivity contribution in [2.75, 3.05) is 42.7 Å². The van der Waals surface area contributed by atoms with Crippen LogP contribution in [-0.2, 0) is 11.3 Å². The standard InChI is InChI=1S/C17H18N10O2/c18-14-13(24-29-25-14)15-20-10-3-1-2-4-11(10)27(15)9-12-21-16(19)23-17(22-12)26-5-7-28-8-6-26/h1-4H,5-9H2,(H4,18,19,21,22,23,25)/p+1. The molecule has 0 radical (unpaired) electrons. The molecule has 0 unspecified atom stereocenters. The van der Waals surface area contributed by atoms with Crippen LogP contribution in [0.2, 0.25) is 0 Å². The molecule has 3 aromatic heterocycles. The molecule has 148 valence electrons. The van der Waals surface area contributed by atoms with Crippen LogP contribution in [0.4, 0.5) is 17.7 Å². The van der Waals surface area contributed by atoms with Crippen LogP contribution in [0.1, 0.15) is 5.82 Å². The van der Waals surface area contributed by atoms with Gasteiger partial charge in [-0.05, 0) is 22.4 Å². The summed E-state index contributed by atoms with van der Waals surface area (Å²) in [7, 11) is 0. The van der Waals surface area contributed by atoms with Gasteiger partial charge in [0.05, 0.1) is 13.2 Å². The van der Waals surface area contributed by atoms with E-state index in [0.717, 1.165) is 11.0 Å². The van der Waals surface area contributed by atoms with Crippen LogP contribution < -0.4 is 20.9 Å². The first-order valence-electron chi connectivity index (χ1n) is 9.11. The monoisotopic (exact) mass is 395 g/mol. The molecule has 0 spiro atoms. The van der Waals surface area contributed by atoms with Crippen LogP contribution >= 0.6 is 0 Å². The van der Waals surface area contributed by atoms with Crippen molar-refractivity contribution in [3.8, 4) is 11.5 Å². The maximum absolute atomic E-state index is 5.97. The molecular formula is C17H19N10O2+. The van der Waals surface area contributed by atoms with Gasteiger partial charge in [0.2, 0.25) is 23.4 Å². The number of anilines is 3. The van der Waals surface area contributed by atoms with Gasteiger partial charge in [-0.15, -0.1) is 0 Å². The molecule has 0 amide bonds. The molecule has 29 heavy (non-hydrogen) atoms. The van der Waals surface area contributed by atoms with Crippen molar-refractivity contribution in [1.29, 1.82) is 0 Å². The summed E-state index contributed by atoms with van der Waals surface area (Å²) in [6.45, 7) is 2.99. The first-order chi connectivity index (χ1) is 14.2. The number of nitrogen functional groups attached to an aromatic ring is 2. The number of imidazole rings is 1. The SMILES string of the molecule is Nc1nc(C[n+]2c(-c3nonc3N)[nH]c3ccccc32)nc(N2CCOCC2)n1. The van der Waals surface area contributed by atoms with Gasteiger partial charge in [-0.3, -0.25) is 0 Å². The van der Waals surface area contributed by atoms with E-state index in [9.17, 15) is 0 Å². The molecule has 12 heteroatoms. The lowest BCUT2D eigenvalue weighted by Gasteiger charge is -2.26. The second-order valence-corrected chi connectivity index (χ2v) is 6.58. The van der Waals surface area contributed by atoms with Crippen molar-refractivity contribution in [1.82, 2.24) is 30.2 Å². The third kappa shape index (κ3) is 3.18. The third-order valence-electron chi connectivity index (χ3n) is 4.74. The molecule has 1 aromatic carbocycles. The molecule has 1 saturated heterocycles. The molecule has 0 atom stereocenters. The first-order valence-corrected chi connectivity index (χ1v) is 9.11. The van der Waals surface area contributed by atoms with E-state index in [1.54, 1.807) is 0 Å². The fourth-order valence-electron chi connectivity index (χ4n) is 3.38. The highest BCUT2D eigenvalue weighted by molar-refractivity contribution is 5.75. The number of para-hydroxylation sites is 2. The molecule has 4 heterocycles. The van der Waals surface area contributed by atoms with Crippen LogP contribution in [0, 0.1) is 0 Å². The lowest BCUT2D eigenvalue weighted by molar-refractivity contribution is -0.652. The molecule has 1 aliphatic heterocycles. The Bertz CT molecular complexity index is 1160. The Kier molecular flexibility index (Phi) is 4.17. The van der Waals surface area contributed by atoms with Gasteiger partial charge in [-0.1, -0.05) is 12.1 Å². The Morgan fingerprint density at radius 1 is 1.07 bits per heavy atom. The van der Waals surface area contributed by atoms with Gasteiger partial charge < -0.3 is 21.1 Å². The molecule has 0 bridgehead atoms. The molecule has 1 fully saturated rings. The average Bonchev–Trinajstić information content (AvgIpc) is 3.32. The Morgan fingerprint density at radius 3 is 2.69 bits per heavy atom. The van der Waals surface area contributed by atoms with E-state index in [4.69, 9.17) is 20.8 Å². The summed E-state index contributed by atoms with van der Waals surface area (Å²) in [4.78, 5) is 18.6. The van der Waals surface area contributed by atoms with Crippen molar-refractivity contribution in [2.45, 2.75) is 6.54 Å². The minimum Gasteiger partial charge on any atom is -0.379 e. The second-order valence-electron chi connectivity index (χ2n) is 6.58. The van der Waals surface area contributed by atoms with Crippen LogP contribution in [0.3, 0.4) is 0 Å². The summed E-state index contributed by atoms with van der Waals surface area (Å²) in [6, 6.07) is 7.82. The topological polar surface area (TPSA) is 162 Å². The minimum absolute atomic E-state index is 0.168. The highest BCUT2D eigenvalue weighted by Gasteiger charge is 2.27.